The number of hydrogen-bond donors (Lipinski definition) is 1. The number of guanidine groups is 1. The predicted octanol–water partition coefficient (Wildman–Crippen LogP) is 2.21. The van der Waals surface area contributed by atoms with Gasteiger partial charge >= 0.3 is 0 Å². The van der Waals surface area contributed by atoms with E-state index < -0.39 is 0 Å². The van der Waals surface area contributed by atoms with Crippen molar-refractivity contribution in [3.05, 3.63) is 11.7 Å². The Kier molecular flexibility index (Phi) is 5.59. The van der Waals surface area contributed by atoms with Gasteiger partial charge in [0.2, 0.25) is 5.89 Å². The van der Waals surface area contributed by atoms with Crippen molar-refractivity contribution in [2.24, 2.45) is 16.8 Å². The van der Waals surface area contributed by atoms with Crippen LogP contribution in [0.3, 0.4) is 0 Å². The van der Waals surface area contributed by atoms with E-state index in [1.807, 2.05) is 6.92 Å². The van der Waals surface area contributed by atoms with Crippen LogP contribution in [0, 0.1) is 18.8 Å². The highest BCUT2D eigenvalue weighted by Gasteiger charge is 2.25. The maximum Gasteiger partial charge on any atom is 0.248 e. The second-order valence-corrected chi connectivity index (χ2v) is 6.14. The molecule has 0 aromatic carbocycles. The van der Waals surface area contributed by atoms with Crippen LogP contribution in [0.1, 0.15) is 45.3 Å². The molecule has 0 saturated carbocycles. The SMILES string of the molecule is CCNC(=NCc1nc(C)no1)N1CCC(CC(C)C)C1. The molecule has 0 radical (unpaired) electrons. The fourth-order valence-electron chi connectivity index (χ4n) is 2.86. The lowest BCUT2D eigenvalue weighted by Gasteiger charge is -2.21. The van der Waals surface area contributed by atoms with E-state index in [-0.39, 0.29) is 0 Å². The van der Waals surface area contributed by atoms with Gasteiger partial charge in [-0.15, -0.1) is 0 Å². The van der Waals surface area contributed by atoms with Gasteiger partial charge in [0.25, 0.3) is 0 Å². The topological polar surface area (TPSA) is 66.5 Å². The fourth-order valence-corrected chi connectivity index (χ4v) is 2.86. The summed E-state index contributed by atoms with van der Waals surface area (Å²) >= 11 is 0. The van der Waals surface area contributed by atoms with E-state index in [0.29, 0.717) is 18.3 Å². The molecular formula is C15H27N5O. The molecule has 1 unspecified atom stereocenters. The number of aryl methyl sites for hydroxylation is 1. The van der Waals surface area contributed by atoms with Crippen LogP contribution in [0.4, 0.5) is 0 Å². The first-order chi connectivity index (χ1) is 10.1. The number of hydrogen-bond acceptors (Lipinski definition) is 4. The molecule has 0 spiro atoms. The summed E-state index contributed by atoms with van der Waals surface area (Å²) in [5.74, 6) is 3.72. The van der Waals surface area contributed by atoms with Crippen LogP contribution in [0.5, 0.6) is 0 Å². The lowest BCUT2D eigenvalue weighted by molar-refractivity contribution is 0.374. The second-order valence-electron chi connectivity index (χ2n) is 6.14. The van der Waals surface area contributed by atoms with Crippen molar-refractivity contribution in [1.29, 1.82) is 0 Å². The molecule has 1 fully saturated rings. The van der Waals surface area contributed by atoms with E-state index in [0.717, 1.165) is 37.4 Å². The molecule has 1 saturated heterocycles. The first kappa shape index (κ1) is 15.8. The monoisotopic (exact) mass is 293 g/mol. The Morgan fingerprint density at radius 2 is 2.33 bits per heavy atom. The molecule has 0 bridgehead atoms. The third kappa shape index (κ3) is 4.72. The van der Waals surface area contributed by atoms with E-state index in [1.165, 1.54) is 12.8 Å². The summed E-state index contributed by atoms with van der Waals surface area (Å²) in [6, 6.07) is 0. The summed E-state index contributed by atoms with van der Waals surface area (Å²) < 4.78 is 5.11. The van der Waals surface area contributed by atoms with E-state index in [1.54, 1.807) is 0 Å². The highest BCUT2D eigenvalue weighted by atomic mass is 16.5. The van der Waals surface area contributed by atoms with Crippen molar-refractivity contribution in [3.8, 4) is 0 Å². The first-order valence-corrected chi connectivity index (χ1v) is 7.91. The summed E-state index contributed by atoms with van der Waals surface area (Å²) in [4.78, 5) is 11.2. The van der Waals surface area contributed by atoms with Crippen molar-refractivity contribution < 1.29 is 4.52 Å². The molecule has 1 aromatic heterocycles. The van der Waals surface area contributed by atoms with E-state index in [9.17, 15) is 0 Å². The maximum absolute atomic E-state index is 5.11. The van der Waals surface area contributed by atoms with Crippen molar-refractivity contribution >= 4 is 5.96 Å². The van der Waals surface area contributed by atoms with Gasteiger partial charge in [-0.1, -0.05) is 19.0 Å². The highest BCUT2D eigenvalue weighted by molar-refractivity contribution is 5.80. The number of nitrogens with one attached hydrogen (secondary N) is 1. The molecule has 1 aromatic rings. The Labute approximate surface area is 127 Å². The van der Waals surface area contributed by atoms with Gasteiger partial charge in [0.15, 0.2) is 11.8 Å². The Hall–Kier alpha value is -1.59. The van der Waals surface area contributed by atoms with Gasteiger partial charge in [-0.05, 0) is 38.5 Å². The number of aliphatic imine (C=N–C) groups is 1. The van der Waals surface area contributed by atoms with Gasteiger partial charge in [0.1, 0.15) is 6.54 Å². The minimum Gasteiger partial charge on any atom is -0.357 e. The van der Waals surface area contributed by atoms with Gasteiger partial charge in [-0.2, -0.15) is 4.98 Å². The van der Waals surface area contributed by atoms with Crippen molar-refractivity contribution in [1.82, 2.24) is 20.4 Å². The first-order valence-electron chi connectivity index (χ1n) is 7.91. The Morgan fingerprint density at radius 1 is 1.52 bits per heavy atom. The molecule has 21 heavy (non-hydrogen) atoms. The number of rotatable bonds is 5. The maximum atomic E-state index is 5.11. The van der Waals surface area contributed by atoms with Crippen molar-refractivity contribution in [3.63, 3.8) is 0 Å². The average molecular weight is 293 g/mol. The summed E-state index contributed by atoms with van der Waals surface area (Å²) in [6.07, 6.45) is 2.54. The highest BCUT2D eigenvalue weighted by Crippen LogP contribution is 2.23. The third-order valence-electron chi connectivity index (χ3n) is 3.66. The van der Waals surface area contributed by atoms with Gasteiger partial charge in [0, 0.05) is 19.6 Å². The standard InChI is InChI=1S/C15H27N5O/c1-5-16-15(17-9-14-18-12(4)19-21-14)20-7-6-13(10-20)8-11(2)3/h11,13H,5-10H2,1-4H3,(H,16,17). The van der Waals surface area contributed by atoms with E-state index in [2.05, 4.69) is 46.1 Å². The molecule has 6 nitrogen and oxygen atoms in total. The van der Waals surface area contributed by atoms with Crippen molar-refractivity contribution in [2.75, 3.05) is 19.6 Å². The lowest BCUT2D eigenvalue weighted by atomic mass is 9.97. The second kappa shape index (κ2) is 7.43. The minimum absolute atomic E-state index is 0.439. The smallest absolute Gasteiger partial charge is 0.248 e. The fraction of sp³-hybridized carbons (Fsp3) is 0.800. The van der Waals surface area contributed by atoms with Crippen molar-refractivity contribution in [2.45, 2.75) is 47.1 Å². The molecule has 0 amide bonds. The molecule has 1 N–H and O–H groups in total. The number of likely N-dealkylation sites (tertiary alicyclic amines) is 1. The quantitative estimate of drug-likeness (QED) is 0.666. The molecule has 2 heterocycles. The average Bonchev–Trinajstić information content (AvgIpc) is 3.03. The van der Waals surface area contributed by atoms with Crippen LogP contribution < -0.4 is 5.32 Å². The van der Waals surface area contributed by atoms with Crippen LogP contribution in [-0.4, -0.2) is 40.6 Å². The van der Waals surface area contributed by atoms with Crippen LogP contribution in [0.15, 0.2) is 9.52 Å². The number of nitrogens with zero attached hydrogens (tertiary/aromatic N) is 4. The molecular weight excluding hydrogens is 266 g/mol. The molecule has 1 aliphatic heterocycles. The largest absolute Gasteiger partial charge is 0.357 e. The molecule has 2 rings (SSSR count). The molecule has 1 atom stereocenters. The summed E-state index contributed by atoms with van der Waals surface area (Å²) in [7, 11) is 0. The van der Waals surface area contributed by atoms with Gasteiger partial charge < -0.3 is 14.7 Å². The zero-order valence-electron chi connectivity index (χ0n) is 13.6. The summed E-state index contributed by atoms with van der Waals surface area (Å²) in [6.45, 7) is 12.0. The van der Waals surface area contributed by atoms with Gasteiger partial charge in [-0.3, -0.25) is 0 Å². The summed E-state index contributed by atoms with van der Waals surface area (Å²) in [5, 5.41) is 7.15. The lowest BCUT2D eigenvalue weighted by Crippen LogP contribution is -2.40. The summed E-state index contributed by atoms with van der Waals surface area (Å²) in [5.41, 5.74) is 0. The zero-order chi connectivity index (χ0) is 15.2. The molecule has 1 aliphatic rings. The van der Waals surface area contributed by atoms with Gasteiger partial charge in [-0.25, -0.2) is 4.99 Å². The van der Waals surface area contributed by atoms with Crippen LogP contribution in [0.2, 0.25) is 0 Å². The zero-order valence-corrected chi connectivity index (χ0v) is 13.6. The van der Waals surface area contributed by atoms with E-state index in [4.69, 9.17) is 4.52 Å². The third-order valence-corrected chi connectivity index (χ3v) is 3.66. The van der Waals surface area contributed by atoms with Crippen LogP contribution in [-0.2, 0) is 6.54 Å². The predicted molar refractivity (Wildman–Crippen MR) is 83.0 cm³/mol. The number of aromatic nitrogens is 2. The Morgan fingerprint density at radius 3 is 2.95 bits per heavy atom. The van der Waals surface area contributed by atoms with Crippen LogP contribution in [0.25, 0.3) is 0 Å². The minimum atomic E-state index is 0.439. The Bertz CT molecular complexity index is 468. The van der Waals surface area contributed by atoms with Crippen LogP contribution >= 0.6 is 0 Å². The van der Waals surface area contributed by atoms with E-state index >= 15 is 0 Å². The molecule has 6 heteroatoms. The normalized spacial score (nSPS) is 19.6. The molecule has 118 valence electrons. The molecule has 0 aliphatic carbocycles. The van der Waals surface area contributed by atoms with Gasteiger partial charge in [0.05, 0.1) is 0 Å². The Balaban J connectivity index is 1.95.